The van der Waals surface area contributed by atoms with E-state index in [2.05, 4.69) is 20.3 Å². The largest absolute Gasteiger partial charge is 0.508 e. The summed E-state index contributed by atoms with van der Waals surface area (Å²) in [7, 11) is 1.56. The first-order valence-corrected chi connectivity index (χ1v) is 8.06. The summed E-state index contributed by atoms with van der Waals surface area (Å²) >= 11 is 0. The molecule has 0 amide bonds. The van der Waals surface area contributed by atoms with E-state index in [0.29, 0.717) is 17.6 Å². The Balaban J connectivity index is 1.80. The van der Waals surface area contributed by atoms with Gasteiger partial charge in [0.05, 0.1) is 18.1 Å². The smallest absolute Gasteiger partial charge is 0.240 e. The summed E-state index contributed by atoms with van der Waals surface area (Å²) in [4.78, 5) is 13.4. The molecule has 0 spiro atoms. The Bertz CT molecular complexity index is 1090. The van der Waals surface area contributed by atoms with Gasteiger partial charge in [-0.1, -0.05) is 18.2 Å². The molecule has 4 rings (SSSR count). The molecule has 4 aromatic rings. The summed E-state index contributed by atoms with van der Waals surface area (Å²) in [6.07, 6.45) is 1.68. The molecule has 7 heteroatoms. The van der Waals surface area contributed by atoms with Crippen molar-refractivity contribution < 1.29 is 9.84 Å². The topological polar surface area (TPSA) is 85.1 Å². The molecule has 2 aromatic carbocycles. The van der Waals surface area contributed by atoms with Gasteiger partial charge >= 0.3 is 0 Å². The van der Waals surface area contributed by atoms with E-state index in [4.69, 9.17) is 4.74 Å². The van der Waals surface area contributed by atoms with E-state index in [1.807, 2.05) is 37.3 Å². The Morgan fingerprint density at radius 3 is 2.77 bits per heavy atom. The molecular formula is C19H17N5O2. The van der Waals surface area contributed by atoms with Crippen molar-refractivity contribution in [3.05, 3.63) is 60.4 Å². The highest BCUT2D eigenvalue weighted by molar-refractivity contribution is 5.76. The summed E-state index contributed by atoms with van der Waals surface area (Å²) < 4.78 is 7.13. The van der Waals surface area contributed by atoms with Crippen LogP contribution in [-0.2, 0) is 0 Å². The van der Waals surface area contributed by atoms with Gasteiger partial charge in [0, 0.05) is 17.8 Å². The number of methoxy groups -OCH3 is 1. The number of fused-ring (bicyclic) bond motifs is 1. The van der Waals surface area contributed by atoms with Crippen LogP contribution in [0.2, 0.25) is 0 Å². The van der Waals surface area contributed by atoms with Gasteiger partial charge < -0.3 is 15.2 Å². The zero-order valence-corrected chi connectivity index (χ0v) is 14.3. The number of anilines is 2. The lowest BCUT2D eigenvalue weighted by Crippen LogP contribution is -2.05. The van der Waals surface area contributed by atoms with Crippen molar-refractivity contribution >= 4 is 22.5 Å². The number of imidazole rings is 1. The molecule has 7 nitrogen and oxygen atoms in total. The zero-order chi connectivity index (χ0) is 18.1. The van der Waals surface area contributed by atoms with Gasteiger partial charge in [0.1, 0.15) is 17.9 Å². The zero-order valence-electron chi connectivity index (χ0n) is 14.3. The number of aryl methyl sites for hydroxylation is 1. The highest BCUT2D eigenvalue weighted by atomic mass is 16.5. The fourth-order valence-corrected chi connectivity index (χ4v) is 2.69. The lowest BCUT2D eigenvalue weighted by molar-refractivity contribution is 0.396. The number of hydrogen-bond donors (Lipinski definition) is 2. The van der Waals surface area contributed by atoms with Crippen LogP contribution in [0.5, 0.6) is 11.6 Å². The lowest BCUT2D eigenvalue weighted by atomic mass is 10.2. The number of hydrogen-bond acceptors (Lipinski definition) is 6. The van der Waals surface area contributed by atoms with Gasteiger partial charge in [0.25, 0.3) is 0 Å². The lowest BCUT2D eigenvalue weighted by Gasteiger charge is -2.12. The van der Waals surface area contributed by atoms with Gasteiger partial charge in [0.15, 0.2) is 0 Å². The number of nitrogens with one attached hydrogen (secondary N) is 1. The number of aromatic hydroxyl groups is 1. The predicted molar refractivity (Wildman–Crippen MR) is 99.3 cm³/mol. The predicted octanol–water partition coefficient (Wildman–Crippen LogP) is 3.58. The van der Waals surface area contributed by atoms with Gasteiger partial charge in [-0.05, 0) is 30.7 Å². The maximum atomic E-state index is 9.73. The second-order valence-electron chi connectivity index (χ2n) is 5.82. The molecule has 0 fully saturated rings. The molecule has 0 saturated carbocycles. The third-order valence-electron chi connectivity index (χ3n) is 4.05. The van der Waals surface area contributed by atoms with Crippen LogP contribution in [0.25, 0.3) is 17.0 Å². The molecule has 2 aromatic heterocycles. The summed E-state index contributed by atoms with van der Waals surface area (Å²) in [5, 5.41) is 12.9. The van der Waals surface area contributed by atoms with E-state index >= 15 is 0 Å². The van der Waals surface area contributed by atoms with Crippen LogP contribution in [0.1, 0.15) is 5.56 Å². The minimum absolute atomic E-state index is 0.181. The van der Waals surface area contributed by atoms with Crippen LogP contribution in [0.4, 0.5) is 11.5 Å². The number of benzene rings is 2. The molecule has 26 heavy (non-hydrogen) atoms. The maximum Gasteiger partial charge on any atom is 0.240 e. The number of rotatable bonds is 4. The van der Waals surface area contributed by atoms with Gasteiger partial charge in [-0.15, -0.1) is 0 Å². The normalized spacial score (nSPS) is 10.8. The van der Waals surface area contributed by atoms with Gasteiger partial charge in [-0.25, -0.2) is 4.98 Å². The number of phenols is 1. The van der Waals surface area contributed by atoms with E-state index in [0.717, 1.165) is 22.3 Å². The number of aromatic nitrogens is 4. The molecule has 2 N–H and O–H groups in total. The Kier molecular flexibility index (Phi) is 3.89. The molecule has 0 unspecified atom stereocenters. The monoisotopic (exact) mass is 347 g/mol. The van der Waals surface area contributed by atoms with Gasteiger partial charge in [0.2, 0.25) is 11.8 Å². The highest BCUT2D eigenvalue weighted by Crippen LogP contribution is 2.26. The van der Waals surface area contributed by atoms with Crippen LogP contribution >= 0.6 is 0 Å². The minimum atomic E-state index is 0.181. The van der Waals surface area contributed by atoms with Crippen LogP contribution < -0.4 is 10.1 Å². The van der Waals surface area contributed by atoms with E-state index < -0.39 is 0 Å². The fourth-order valence-electron chi connectivity index (χ4n) is 2.69. The first-order chi connectivity index (χ1) is 12.6. The molecule has 0 atom stereocenters. The van der Waals surface area contributed by atoms with Crippen molar-refractivity contribution in [3.8, 4) is 17.6 Å². The Labute approximate surface area is 149 Å². The Morgan fingerprint density at radius 2 is 1.92 bits per heavy atom. The number of nitrogens with zero attached hydrogens (tertiary/aromatic N) is 4. The number of ether oxygens (including phenoxy) is 1. The summed E-state index contributed by atoms with van der Waals surface area (Å²) in [5.41, 5.74) is 3.50. The molecule has 0 aliphatic heterocycles. The van der Waals surface area contributed by atoms with Gasteiger partial charge in [-0.3, -0.25) is 4.57 Å². The van der Waals surface area contributed by atoms with Crippen molar-refractivity contribution in [2.45, 2.75) is 6.92 Å². The first kappa shape index (κ1) is 15.9. The van der Waals surface area contributed by atoms with Crippen molar-refractivity contribution in [2.24, 2.45) is 0 Å². The average molecular weight is 347 g/mol. The SMILES string of the molecule is COc1cc(Nc2cc(O)ccc2C)nc(-n2cnc3ccccc32)n1. The first-order valence-electron chi connectivity index (χ1n) is 8.06. The van der Waals surface area contributed by atoms with Crippen LogP contribution in [0, 0.1) is 6.92 Å². The standard InChI is InChI=1S/C19H17N5O2/c1-12-7-8-13(25)9-15(12)21-17-10-18(26-2)23-19(22-17)24-11-20-14-5-3-4-6-16(14)24/h3-11,25H,1-2H3,(H,21,22,23). The average Bonchev–Trinajstić information content (AvgIpc) is 3.08. The molecule has 0 aliphatic rings. The second kappa shape index (κ2) is 6.36. The molecule has 0 aliphatic carbocycles. The Morgan fingerprint density at radius 1 is 1.08 bits per heavy atom. The van der Waals surface area contributed by atoms with Crippen molar-refractivity contribution in [1.29, 1.82) is 0 Å². The van der Waals surface area contributed by atoms with Crippen LogP contribution in [0.3, 0.4) is 0 Å². The summed E-state index contributed by atoms with van der Waals surface area (Å²) in [5.74, 6) is 1.60. The van der Waals surface area contributed by atoms with E-state index in [1.54, 1.807) is 36.2 Å². The maximum absolute atomic E-state index is 9.73. The fraction of sp³-hybridized carbons (Fsp3) is 0.105. The number of para-hydroxylation sites is 2. The second-order valence-corrected chi connectivity index (χ2v) is 5.82. The molecular weight excluding hydrogens is 330 g/mol. The molecule has 130 valence electrons. The molecule has 0 saturated heterocycles. The summed E-state index contributed by atoms with van der Waals surface area (Å²) in [6, 6.07) is 14.6. The third kappa shape index (κ3) is 2.90. The van der Waals surface area contributed by atoms with Crippen molar-refractivity contribution in [2.75, 3.05) is 12.4 Å². The quantitative estimate of drug-likeness (QED) is 0.587. The Hall–Kier alpha value is -3.61. The molecule has 0 radical (unpaired) electrons. The van der Waals surface area contributed by atoms with Crippen LogP contribution in [0.15, 0.2) is 54.9 Å². The highest BCUT2D eigenvalue weighted by Gasteiger charge is 2.11. The van der Waals surface area contributed by atoms with Crippen LogP contribution in [-0.4, -0.2) is 31.7 Å². The minimum Gasteiger partial charge on any atom is -0.508 e. The molecule has 2 heterocycles. The number of phenolic OH excluding ortho intramolecular Hbond substituents is 1. The van der Waals surface area contributed by atoms with Gasteiger partial charge in [-0.2, -0.15) is 9.97 Å². The van der Waals surface area contributed by atoms with E-state index in [-0.39, 0.29) is 5.75 Å². The third-order valence-corrected chi connectivity index (χ3v) is 4.05. The van der Waals surface area contributed by atoms with E-state index in [1.165, 1.54) is 0 Å². The van der Waals surface area contributed by atoms with Crippen molar-refractivity contribution in [3.63, 3.8) is 0 Å². The molecule has 0 bridgehead atoms. The van der Waals surface area contributed by atoms with E-state index in [9.17, 15) is 5.11 Å². The van der Waals surface area contributed by atoms with Crippen molar-refractivity contribution in [1.82, 2.24) is 19.5 Å². The summed E-state index contributed by atoms with van der Waals surface area (Å²) in [6.45, 7) is 1.95.